The van der Waals surface area contributed by atoms with E-state index in [9.17, 15) is 4.79 Å². The van der Waals surface area contributed by atoms with Crippen molar-refractivity contribution in [3.05, 3.63) is 29.6 Å². The highest BCUT2D eigenvalue weighted by Gasteiger charge is 2.06. The minimum Gasteiger partial charge on any atom is -0.300 e. The highest BCUT2D eigenvalue weighted by atomic mass is 16.1. The molecule has 0 aliphatic heterocycles. The van der Waals surface area contributed by atoms with Crippen molar-refractivity contribution in [1.29, 1.82) is 0 Å². The number of hydrogen-bond donors (Lipinski definition) is 0. The Bertz CT molecular complexity index is 318. The summed E-state index contributed by atoms with van der Waals surface area (Å²) in [5, 5.41) is 0. The maximum absolute atomic E-state index is 10.9. The molecule has 0 bridgehead atoms. The van der Waals surface area contributed by atoms with Crippen LogP contribution in [0.5, 0.6) is 0 Å². The predicted octanol–water partition coefficient (Wildman–Crippen LogP) is 2.73. The van der Waals surface area contributed by atoms with Crippen molar-refractivity contribution in [2.45, 2.75) is 39.5 Å². The summed E-state index contributed by atoms with van der Waals surface area (Å²) in [7, 11) is 0. The van der Waals surface area contributed by atoms with Gasteiger partial charge < -0.3 is 4.79 Å². The Kier molecular flexibility index (Phi) is 3.81. The third-order valence-corrected chi connectivity index (χ3v) is 2.31. The Hall–Kier alpha value is -1.18. The molecule has 0 aliphatic rings. The second-order valence-electron chi connectivity index (χ2n) is 3.93. The number of carbonyl (C=O) groups is 1. The number of Topliss-reactive ketones (excluding diaryl/α,β-unsaturated/α-hetero) is 1. The quantitative estimate of drug-likeness (QED) is 0.732. The maximum atomic E-state index is 10.9. The van der Waals surface area contributed by atoms with Crippen molar-refractivity contribution in [3.63, 3.8) is 0 Å². The van der Waals surface area contributed by atoms with Gasteiger partial charge >= 0.3 is 0 Å². The number of carbonyl (C=O) groups excluding carboxylic acids is 1. The standard InChI is InChI=1S/C12H17NO/c1-9(2)12-8-13-7-6-11(12)5-4-10(3)14/h6-9H,4-5H2,1-3H3. The van der Waals surface area contributed by atoms with Crippen LogP contribution >= 0.6 is 0 Å². The first-order valence-corrected chi connectivity index (χ1v) is 5.03. The first kappa shape index (κ1) is 10.9. The van der Waals surface area contributed by atoms with Crippen molar-refractivity contribution in [3.8, 4) is 0 Å². The van der Waals surface area contributed by atoms with Crippen LogP contribution in [0.25, 0.3) is 0 Å². The van der Waals surface area contributed by atoms with Crippen LogP contribution in [0.15, 0.2) is 18.5 Å². The molecular weight excluding hydrogens is 174 g/mol. The second-order valence-corrected chi connectivity index (χ2v) is 3.93. The number of aryl methyl sites for hydroxylation is 1. The van der Waals surface area contributed by atoms with Crippen LogP contribution < -0.4 is 0 Å². The average molecular weight is 191 g/mol. The number of hydrogen-bond acceptors (Lipinski definition) is 2. The normalized spacial score (nSPS) is 10.6. The van der Waals surface area contributed by atoms with Gasteiger partial charge in [-0.3, -0.25) is 4.98 Å². The number of rotatable bonds is 4. The van der Waals surface area contributed by atoms with Gasteiger partial charge in [-0.25, -0.2) is 0 Å². The summed E-state index contributed by atoms with van der Waals surface area (Å²) >= 11 is 0. The fourth-order valence-electron chi connectivity index (χ4n) is 1.49. The summed E-state index contributed by atoms with van der Waals surface area (Å²) in [6, 6.07) is 2.01. The molecule has 0 saturated carbocycles. The molecule has 76 valence electrons. The van der Waals surface area contributed by atoms with E-state index in [1.165, 1.54) is 11.1 Å². The van der Waals surface area contributed by atoms with Gasteiger partial charge in [0.15, 0.2) is 0 Å². The molecule has 0 aromatic carbocycles. The molecule has 2 heteroatoms. The third kappa shape index (κ3) is 2.95. The summed E-state index contributed by atoms with van der Waals surface area (Å²) in [5.41, 5.74) is 2.51. The van der Waals surface area contributed by atoms with Crippen LogP contribution in [0.1, 0.15) is 44.2 Å². The van der Waals surface area contributed by atoms with E-state index in [1.54, 1.807) is 13.1 Å². The van der Waals surface area contributed by atoms with Crippen molar-refractivity contribution in [2.75, 3.05) is 0 Å². The van der Waals surface area contributed by atoms with E-state index < -0.39 is 0 Å². The van der Waals surface area contributed by atoms with Gasteiger partial charge in [0.25, 0.3) is 0 Å². The van der Waals surface area contributed by atoms with E-state index in [0.717, 1.165) is 6.42 Å². The number of pyridine rings is 1. The van der Waals surface area contributed by atoms with Gasteiger partial charge in [-0.1, -0.05) is 13.8 Å². The van der Waals surface area contributed by atoms with Gasteiger partial charge in [-0.2, -0.15) is 0 Å². The monoisotopic (exact) mass is 191 g/mol. The molecule has 14 heavy (non-hydrogen) atoms. The van der Waals surface area contributed by atoms with E-state index in [0.29, 0.717) is 12.3 Å². The van der Waals surface area contributed by atoms with Crippen LogP contribution in [0.4, 0.5) is 0 Å². The molecule has 0 atom stereocenters. The lowest BCUT2D eigenvalue weighted by molar-refractivity contribution is -0.116. The fraction of sp³-hybridized carbons (Fsp3) is 0.500. The summed E-state index contributed by atoms with van der Waals surface area (Å²) in [6.45, 7) is 5.93. The molecule has 1 aromatic heterocycles. The van der Waals surface area contributed by atoms with Crippen molar-refractivity contribution in [1.82, 2.24) is 4.98 Å². The predicted molar refractivity (Wildman–Crippen MR) is 57.3 cm³/mol. The van der Waals surface area contributed by atoms with Crippen molar-refractivity contribution < 1.29 is 4.79 Å². The Balaban J connectivity index is 2.79. The lowest BCUT2D eigenvalue weighted by Crippen LogP contribution is -2.00. The Morgan fingerprint density at radius 1 is 1.50 bits per heavy atom. The molecule has 0 saturated heterocycles. The van der Waals surface area contributed by atoms with Crippen LogP contribution in [0.2, 0.25) is 0 Å². The Morgan fingerprint density at radius 3 is 2.79 bits per heavy atom. The van der Waals surface area contributed by atoms with Crippen LogP contribution in [0.3, 0.4) is 0 Å². The van der Waals surface area contributed by atoms with Gasteiger partial charge in [0.2, 0.25) is 0 Å². The topological polar surface area (TPSA) is 30.0 Å². The van der Waals surface area contributed by atoms with Crippen LogP contribution in [-0.4, -0.2) is 10.8 Å². The molecule has 0 spiro atoms. The minimum atomic E-state index is 0.247. The molecule has 0 amide bonds. The molecule has 1 aromatic rings. The van der Waals surface area contributed by atoms with Crippen LogP contribution in [0, 0.1) is 0 Å². The van der Waals surface area contributed by atoms with E-state index in [1.807, 2.05) is 12.3 Å². The molecule has 0 N–H and O–H groups in total. The zero-order valence-electron chi connectivity index (χ0n) is 9.08. The zero-order chi connectivity index (χ0) is 10.6. The van der Waals surface area contributed by atoms with Crippen molar-refractivity contribution in [2.24, 2.45) is 0 Å². The lowest BCUT2D eigenvalue weighted by atomic mass is 9.96. The van der Waals surface area contributed by atoms with Gasteiger partial charge in [-0.15, -0.1) is 0 Å². The molecule has 1 heterocycles. The van der Waals surface area contributed by atoms with E-state index in [2.05, 4.69) is 18.8 Å². The molecule has 0 unspecified atom stereocenters. The molecule has 0 fully saturated rings. The lowest BCUT2D eigenvalue weighted by Gasteiger charge is -2.10. The summed E-state index contributed by atoms with van der Waals surface area (Å²) < 4.78 is 0. The van der Waals surface area contributed by atoms with Crippen LogP contribution in [-0.2, 0) is 11.2 Å². The molecule has 1 rings (SSSR count). The Labute approximate surface area is 85.4 Å². The van der Waals surface area contributed by atoms with E-state index >= 15 is 0 Å². The smallest absolute Gasteiger partial charge is 0.130 e. The fourth-order valence-corrected chi connectivity index (χ4v) is 1.49. The summed E-state index contributed by atoms with van der Waals surface area (Å²) in [6.07, 6.45) is 5.16. The number of nitrogens with zero attached hydrogens (tertiary/aromatic N) is 1. The SMILES string of the molecule is CC(=O)CCc1ccncc1C(C)C. The molecule has 2 nitrogen and oxygen atoms in total. The van der Waals surface area contributed by atoms with E-state index in [4.69, 9.17) is 0 Å². The summed E-state index contributed by atoms with van der Waals surface area (Å²) in [4.78, 5) is 15.0. The average Bonchev–Trinajstić information content (AvgIpc) is 2.15. The molecular formula is C12H17NO. The third-order valence-electron chi connectivity index (χ3n) is 2.31. The largest absolute Gasteiger partial charge is 0.300 e. The van der Waals surface area contributed by atoms with Gasteiger partial charge in [0.1, 0.15) is 5.78 Å². The highest BCUT2D eigenvalue weighted by Crippen LogP contribution is 2.19. The molecule has 0 radical (unpaired) electrons. The second kappa shape index (κ2) is 4.89. The van der Waals surface area contributed by atoms with Gasteiger partial charge in [0.05, 0.1) is 0 Å². The number of ketones is 1. The number of aromatic nitrogens is 1. The Morgan fingerprint density at radius 2 is 2.21 bits per heavy atom. The maximum Gasteiger partial charge on any atom is 0.130 e. The first-order valence-electron chi connectivity index (χ1n) is 5.03. The molecule has 0 aliphatic carbocycles. The zero-order valence-corrected chi connectivity index (χ0v) is 9.08. The van der Waals surface area contributed by atoms with E-state index in [-0.39, 0.29) is 5.78 Å². The van der Waals surface area contributed by atoms with Gasteiger partial charge in [-0.05, 0) is 36.5 Å². The minimum absolute atomic E-state index is 0.247. The van der Waals surface area contributed by atoms with Gasteiger partial charge in [0, 0.05) is 18.8 Å². The highest BCUT2D eigenvalue weighted by molar-refractivity contribution is 5.75. The summed E-state index contributed by atoms with van der Waals surface area (Å²) in [5.74, 6) is 0.724. The first-order chi connectivity index (χ1) is 6.61. The van der Waals surface area contributed by atoms with Crippen molar-refractivity contribution >= 4 is 5.78 Å².